The second-order valence-corrected chi connectivity index (χ2v) is 5.18. The molecule has 1 aliphatic rings. The largest absolute Gasteiger partial charge is 0.322 e. The molecule has 2 N–H and O–H groups in total. The van der Waals surface area contributed by atoms with Gasteiger partial charge in [-0.25, -0.2) is 0 Å². The molecule has 0 aliphatic carbocycles. The summed E-state index contributed by atoms with van der Waals surface area (Å²) in [6.45, 7) is 0.793. The van der Waals surface area contributed by atoms with Gasteiger partial charge in [0.25, 0.3) is 0 Å². The molecule has 0 bridgehead atoms. The van der Waals surface area contributed by atoms with Crippen LogP contribution in [0, 0.1) is 0 Å². The van der Waals surface area contributed by atoms with E-state index in [1.807, 2.05) is 18.2 Å². The maximum absolute atomic E-state index is 11.7. The average molecular weight is 287 g/mol. The van der Waals surface area contributed by atoms with Crippen molar-refractivity contribution in [3.05, 3.63) is 22.7 Å². The highest BCUT2D eigenvalue weighted by Gasteiger charge is 2.23. The Kier molecular flexibility index (Phi) is 3.33. The smallest absolute Gasteiger partial charge is 0.240 e. The molecular weight excluding hydrogens is 276 g/mol. The highest BCUT2D eigenvalue weighted by molar-refractivity contribution is 9.10. The number of carbonyl (C=O) groups excluding carboxylic acids is 1. The van der Waals surface area contributed by atoms with Gasteiger partial charge in [-0.15, -0.1) is 11.8 Å². The van der Waals surface area contributed by atoms with E-state index in [9.17, 15) is 4.79 Å². The van der Waals surface area contributed by atoms with Crippen molar-refractivity contribution in [1.82, 2.24) is 0 Å². The number of thioether (sulfide) groups is 1. The minimum atomic E-state index is -0.0246. The number of fused-ring (bicyclic) bond motifs is 1. The summed E-state index contributed by atoms with van der Waals surface area (Å²) >= 11 is 5.24. The van der Waals surface area contributed by atoms with Gasteiger partial charge in [0, 0.05) is 21.7 Å². The lowest BCUT2D eigenvalue weighted by molar-refractivity contribution is -0.117. The van der Waals surface area contributed by atoms with E-state index in [4.69, 9.17) is 5.73 Å². The molecule has 1 aliphatic heterocycles. The zero-order valence-electron chi connectivity index (χ0n) is 8.07. The summed E-state index contributed by atoms with van der Waals surface area (Å²) in [6, 6.07) is 5.95. The molecule has 0 radical (unpaired) electrons. The molecule has 0 aromatic heterocycles. The van der Waals surface area contributed by atoms with Crippen LogP contribution in [0.5, 0.6) is 0 Å². The minimum absolute atomic E-state index is 0.0246. The number of halogens is 1. The second-order valence-electron chi connectivity index (χ2n) is 3.18. The van der Waals surface area contributed by atoms with Crippen LogP contribution in [0.25, 0.3) is 0 Å². The van der Waals surface area contributed by atoms with Gasteiger partial charge in [-0.1, -0.05) is 6.07 Å². The number of anilines is 1. The Hall–Kier alpha value is -0.520. The van der Waals surface area contributed by atoms with Crippen LogP contribution in [0.15, 0.2) is 27.6 Å². The minimum Gasteiger partial charge on any atom is -0.322 e. The number of nitrogens with two attached hydrogens (primary N) is 1. The fraction of sp³-hybridized carbons (Fsp3) is 0.300. The van der Waals surface area contributed by atoms with E-state index in [1.165, 1.54) is 0 Å². The van der Waals surface area contributed by atoms with Crippen LogP contribution in [0.3, 0.4) is 0 Å². The van der Waals surface area contributed by atoms with Crippen molar-refractivity contribution < 1.29 is 4.79 Å². The van der Waals surface area contributed by atoms with Crippen molar-refractivity contribution in [1.29, 1.82) is 0 Å². The number of rotatable bonds is 1. The number of carbonyl (C=O) groups is 1. The van der Waals surface area contributed by atoms with Crippen molar-refractivity contribution in [3.63, 3.8) is 0 Å². The van der Waals surface area contributed by atoms with E-state index in [1.54, 1.807) is 16.7 Å². The molecule has 2 rings (SSSR count). The number of amides is 1. The molecule has 3 nitrogen and oxygen atoms in total. The van der Waals surface area contributed by atoms with Gasteiger partial charge in [-0.05, 0) is 28.1 Å². The molecule has 1 aromatic carbocycles. The Labute approximate surface area is 101 Å². The van der Waals surface area contributed by atoms with E-state index in [0.717, 1.165) is 27.4 Å². The summed E-state index contributed by atoms with van der Waals surface area (Å²) in [5, 5.41) is 0. The molecule has 0 atom stereocenters. The third kappa shape index (κ3) is 2.04. The van der Waals surface area contributed by atoms with Gasteiger partial charge in [0.2, 0.25) is 5.91 Å². The van der Waals surface area contributed by atoms with Crippen LogP contribution in [-0.2, 0) is 4.79 Å². The maximum Gasteiger partial charge on any atom is 0.240 e. The molecule has 0 saturated heterocycles. The number of benzene rings is 1. The van der Waals surface area contributed by atoms with Crippen LogP contribution in [0.2, 0.25) is 0 Å². The first-order chi connectivity index (χ1) is 7.24. The Morgan fingerprint density at radius 3 is 3.13 bits per heavy atom. The summed E-state index contributed by atoms with van der Waals surface area (Å²) < 4.78 is 0.953. The standard InChI is InChI=1S/C10H11BrN2OS/c11-7-2-1-3-8-10(7)13(4-5-15-8)9(14)6-12/h1-3H,4-6,12H2. The first-order valence-electron chi connectivity index (χ1n) is 4.66. The SMILES string of the molecule is NCC(=O)N1CCSc2cccc(Br)c21. The van der Waals surface area contributed by atoms with E-state index < -0.39 is 0 Å². The number of para-hydroxylation sites is 1. The quantitative estimate of drug-likeness (QED) is 0.857. The van der Waals surface area contributed by atoms with Crippen molar-refractivity contribution in [2.24, 2.45) is 5.73 Å². The van der Waals surface area contributed by atoms with Gasteiger partial charge in [-0.3, -0.25) is 4.79 Å². The van der Waals surface area contributed by atoms with Crippen molar-refractivity contribution in [2.75, 3.05) is 23.7 Å². The number of hydrogen-bond donors (Lipinski definition) is 1. The first kappa shape index (κ1) is 11.0. The molecule has 5 heteroatoms. The molecule has 0 saturated carbocycles. The van der Waals surface area contributed by atoms with Gasteiger partial charge in [-0.2, -0.15) is 0 Å². The molecule has 0 unspecified atom stereocenters. The molecule has 1 aromatic rings. The van der Waals surface area contributed by atoms with E-state index in [0.29, 0.717) is 0 Å². The van der Waals surface area contributed by atoms with Crippen molar-refractivity contribution in [3.8, 4) is 0 Å². The van der Waals surface area contributed by atoms with Gasteiger partial charge in [0.1, 0.15) is 0 Å². The topological polar surface area (TPSA) is 46.3 Å². The van der Waals surface area contributed by atoms with Gasteiger partial charge >= 0.3 is 0 Å². The molecule has 0 fully saturated rings. The molecule has 1 heterocycles. The highest BCUT2D eigenvalue weighted by Crippen LogP contribution is 2.39. The predicted molar refractivity (Wildman–Crippen MR) is 66.3 cm³/mol. The van der Waals surface area contributed by atoms with Crippen molar-refractivity contribution >= 4 is 39.3 Å². The lowest BCUT2D eigenvalue weighted by Crippen LogP contribution is -2.39. The summed E-state index contributed by atoms with van der Waals surface area (Å²) in [6.07, 6.45) is 0. The van der Waals surface area contributed by atoms with Crippen LogP contribution in [0.1, 0.15) is 0 Å². The predicted octanol–water partition coefficient (Wildman–Crippen LogP) is 1.85. The van der Waals surface area contributed by atoms with E-state index in [2.05, 4.69) is 15.9 Å². The highest BCUT2D eigenvalue weighted by atomic mass is 79.9. The van der Waals surface area contributed by atoms with Crippen LogP contribution in [-0.4, -0.2) is 24.7 Å². The Morgan fingerprint density at radius 1 is 1.60 bits per heavy atom. The first-order valence-corrected chi connectivity index (χ1v) is 6.43. The monoisotopic (exact) mass is 286 g/mol. The third-order valence-corrected chi connectivity index (χ3v) is 3.93. The molecule has 1 amide bonds. The zero-order chi connectivity index (χ0) is 10.8. The van der Waals surface area contributed by atoms with Crippen LogP contribution >= 0.6 is 27.7 Å². The summed E-state index contributed by atoms with van der Waals surface area (Å²) in [4.78, 5) is 14.5. The summed E-state index contributed by atoms with van der Waals surface area (Å²) in [5.74, 6) is 0.901. The molecular formula is C10H11BrN2OS. The van der Waals surface area contributed by atoms with Gasteiger partial charge in [0.05, 0.1) is 12.2 Å². The third-order valence-electron chi connectivity index (χ3n) is 2.27. The molecule has 0 spiro atoms. The number of nitrogens with zero attached hydrogens (tertiary/aromatic N) is 1. The summed E-state index contributed by atoms with van der Waals surface area (Å²) in [5.41, 5.74) is 6.36. The van der Waals surface area contributed by atoms with E-state index in [-0.39, 0.29) is 12.5 Å². The Morgan fingerprint density at radius 2 is 2.40 bits per heavy atom. The molecule has 15 heavy (non-hydrogen) atoms. The van der Waals surface area contributed by atoms with Crippen LogP contribution in [0.4, 0.5) is 5.69 Å². The zero-order valence-corrected chi connectivity index (χ0v) is 10.5. The summed E-state index contributed by atoms with van der Waals surface area (Å²) in [7, 11) is 0. The van der Waals surface area contributed by atoms with E-state index >= 15 is 0 Å². The Bertz CT molecular complexity index is 397. The normalized spacial score (nSPS) is 14.9. The van der Waals surface area contributed by atoms with Gasteiger partial charge in [0.15, 0.2) is 0 Å². The number of hydrogen-bond acceptors (Lipinski definition) is 3. The second kappa shape index (κ2) is 4.55. The fourth-order valence-corrected chi connectivity index (χ4v) is 3.33. The maximum atomic E-state index is 11.7. The van der Waals surface area contributed by atoms with Crippen molar-refractivity contribution in [2.45, 2.75) is 4.90 Å². The average Bonchev–Trinajstić information content (AvgIpc) is 2.28. The Balaban J connectivity index is 2.45. The van der Waals surface area contributed by atoms with Crippen LogP contribution < -0.4 is 10.6 Å². The molecule has 80 valence electrons. The van der Waals surface area contributed by atoms with Gasteiger partial charge < -0.3 is 10.6 Å². The fourth-order valence-electron chi connectivity index (χ4n) is 1.59. The lowest BCUT2D eigenvalue weighted by Gasteiger charge is -2.29. The lowest BCUT2D eigenvalue weighted by atomic mass is 10.2.